The normalized spacial score (nSPS) is 14.1. The number of methoxy groups -OCH3 is 1. The van der Waals surface area contributed by atoms with E-state index in [0.29, 0.717) is 17.7 Å². The van der Waals surface area contributed by atoms with Gasteiger partial charge >= 0.3 is 0 Å². The van der Waals surface area contributed by atoms with Crippen LogP contribution in [-0.4, -0.2) is 57.3 Å². The quantitative estimate of drug-likeness (QED) is 0.180. The minimum atomic E-state index is -4.41. The van der Waals surface area contributed by atoms with Crippen molar-refractivity contribution in [3.05, 3.63) is 54.4 Å². The van der Waals surface area contributed by atoms with Gasteiger partial charge in [-0.2, -0.15) is 21.9 Å². The lowest BCUT2D eigenvalue weighted by atomic mass is 10.0. The molecular formula is C22H32N3O7S2+. The zero-order chi connectivity index (χ0) is 25.4. The molecule has 34 heavy (non-hydrogen) atoms. The van der Waals surface area contributed by atoms with Gasteiger partial charge in [0.05, 0.1) is 24.6 Å². The monoisotopic (exact) mass is 514 g/mol. The number of rotatable bonds is 13. The van der Waals surface area contributed by atoms with E-state index in [2.05, 4.69) is 5.10 Å². The van der Waals surface area contributed by atoms with Gasteiger partial charge in [-0.1, -0.05) is 25.5 Å². The van der Waals surface area contributed by atoms with E-state index in [9.17, 15) is 21.4 Å². The van der Waals surface area contributed by atoms with Crippen LogP contribution in [0.15, 0.2) is 53.9 Å². The van der Waals surface area contributed by atoms with Crippen LogP contribution in [0.2, 0.25) is 0 Å². The average Bonchev–Trinajstić information content (AvgIpc) is 2.78. The summed E-state index contributed by atoms with van der Waals surface area (Å²) in [5.41, 5.74) is 1.41. The fourth-order valence-corrected chi connectivity index (χ4v) is 5.47. The van der Waals surface area contributed by atoms with Gasteiger partial charge in [0.25, 0.3) is 20.2 Å². The summed E-state index contributed by atoms with van der Waals surface area (Å²) in [6, 6.07) is 10.1. The van der Waals surface area contributed by atoms with Crippen molar-refractivity contribution in [2.75, 3.05) is 24.9 Å². The molecule has 12 heteroatoms. The summed E-state index contributed by atoms with van der Waals surface area (Å²) in [4.78, 5) is 0. The highest BCUT2D eigenvalue weighted by atomic mass is 32.2. The van der Waals surface area contributed by atoms with Crippen LogP contribution in [0.25, 0.3) is 0 Å². The minimum absolute atomic E-state index is 0.0289. The fraction of sp³-hybridized carbons (Fsp3) is 0.455. The first-order chi connectivity index (χ1) is 16.0. The van der Waals surface area contributed by atoms with Gasteiger partial charge in [-0.05, 0) is 31.0 Å². The Hall–Kier alpha value is -2.54. The van der Waals surface area contributed by atoms with Gasteiger partial charge in [-0.25, -0.2) is 4.57 Å². The highest BCUT2D eigenvalue weighted by Gasteiger charge is 2.38. The first-order valence-corrected chi connectivity index (χ1v) is 13.9. The first-order valence-electron chi connectivity index (χ1n) is 10.8. The van der Waals surface area contributed by atoms with Crippen LogP contribution in [0.5, 0.6) is 5.75 Å². The van der Waals surface area contributed by atoms with Crippen molar-refractivity contribution in [2.24, 2.45) is 5.10 Å². The topological polar surface area (TPSA) is 137 Å². The maximum atomic E-state index is 12.1. The minimum Gasteiger partial charge on any atom is -0.495 e. The molecule has 0 saturated heterocycles. The highest BCUT2D eigenvalue weighted by Crippen LogP contribution is 2.27. The summed E-state index contributed by atoms with van der Waals surface area (Å²) in [7, 11) is -5.27. The molecule has 1 aromatic carbocycles. The highest BCUT2D eigenvalue weighted by molar-refractivity contribution is 7.86. The summed E-state index contributed by atoms with van der Waals surface area (Å²) < 4.78 is 72.5. The van der Waals surface area contributed by atoms with Crippen molar-refractivity contribution in [3.8, 4) is 5.75 Å². The summed E-state index contributed by atoms with van der Waals surface area (Å²) in [6.45, 7) is 1.80. The summed E-state index contributed by atoms with van der Waals surface area (Å²) >= 11 is 0. The van der Waals surface area contributed by atoms with Gasteiger partial charge in [-0.3, -0.25) is 14.1 Å². The maximum absolute atomic E-state index is 12.1. The molecule has 0 aliphatic heterocycles. The Labute approximate surface area is 201 Å². The van der Waals surface area contributed by atoms with Gasteiger partial charge in [0.2, 0.25) is 0 Å². The Morgan fingerprint density at radius 1 is 1.12 bits per heavy atom. The molecule has 2 atom stereocenters. The molecule has 0 saturated carbocycles. The Bertz CT molecular complexity index is 1180. The fourth-order valence-electron chi connectivity index (χ4n) is 3.73. The molecule has 0 bridgehead atoms. The number of hydrogen-bond acceptors (Lipinski definition) is 7. The Morgan fingerprint density at radius 2 is 1.82 bits per heavy atom. The van der Waals surface area contributed by atoms with Gasteiger partial charge < -0.3 is 4.74 Å². The molecule has 0 radical (unpaired) electrons. The van der Waals surface area contributed by atoms with Crippen LogP contribution >= 0.6 is 0 Å². The van der Waals surface area contributed by atoms with Gasteiger partial charge in [0.15, 0.2) is 18.4 Å². The van der Waals surface area contributed by atoms with Crippen molar-refractivity contribution in [3.63, 3.8) is 0 Å². The van der Waals surface area contributed by atoms with Crippen LogP contribution < -0.4 is 14.3 Å². The zero-order valence-electron chi connectivity index (χ0n) is 19.5. The number of pyridine rings is 1. The summed E-state index contributed by atoms with van der Waals surface area (Å²) in [5.74, 6) is 0.152. The third-order valence-corrected chi connectivity index (χ3v) is 7.45. The second kappa shape index (κ2) is 12.2. The summed E-state index contributed by atoms with van der Waals surface area (Å²) in [5, 5.41) is 4.94. The van der Waals surface area contributed by atoms with Crippen LogP contribution in [0.1, 0.15) is 44.2 Å². The first kappa shape index (κ1) is 27.7. The van der Waals surface area contributed by atoms with E-state index in [1.54, 1.807) is 61.4 Å². The van der Waals surface area contributed by atoms with Crippen molar-refractivity contribution >= 4 is 32.1 Å². The standard InChI is InChI=1S/C22H31N3O7S2/c1-4-9-22(34(29,30)31)20(12-8-15-33(26,27)28)25-14-7-10-18(17-25)16-23-24(2)19-11-5-6-13-21(19)32-3/h5-7,10-11,13-14,16-17,20,22H,4,8-9,12,15H2,1-3H3,(H-,26,27,28,29,30,31)/p+1. The second-order valence-electron chi connectivity index (χ2n) is 7.86. The van der Waals surface area contributed by atoms with Crippen LogP contribution in [0, 0.1) is 0 Å². The molecule has 1 aromatic heterocycles. The molecule has 0 spiro atoms. The number of para-hydroxylation sites is 2. The van der Waals surface area contributed by atoms with Crippen LogP contribution in [0.3, 0.4) is 0 Å². The molecule has 0 amide bonds. The number of anilines is 1. The molecule has 2 unspecified atom stereocenters. The number of hydrogen-bond donors (Lipinski definition) is 2. The molecule has 0 aliphatic carbocycles. The summed E-state index contributed by atoms with van der Waals surface area (Å²) in [6.07, 6.45) is 5.79. The smallest absolute Gasteiger partial charge is 0.274 e. The largest absolute Gasteiger partial charge is 0.495 e. The molecule has 0 fully saturated rings. The zero-order valence-corrected chi connectivity index (χ0v) is 21.1. The van der Waals surface area contributed by atoms with Crippen molar-refractivity contribution in [1.82, 2.24) is 0 Å². The average molecular weight is 515 g/mol. The van der Waals surface area contributed by atoms with Gasteiger partial charge in [-0.15, -0.1) is 0 Å². The van der Waals surface area contributed by atoms with Crippen molar-refractivity contribution in [1.29, 1.82) is 0 Å². The van der Waals surface area contributed by atoms with Gasteiger partial charge in [0.1, 0.15) is 16.7 Å². The maximum Gasteiger partial charge on any atom is 0.274 e. The van der Waals surface area contributed by atoms with E-state index < -0.39 is 37.3 Å². The van der Waals surface area contributed by atoms with Crippen LogP contribution in [-0.2, 0) is 20.2 Å². The van der Waals surface area contributed by atoms with Crippen LogP contribution in [0.4, 0.5) is 5.69 Å². The SMILES string of the molecule is CCCC(C(CCCS(=O)(=O)O)[n+]1cccc(C=NN(C)c2ccccc2OC)c1)S(=O)(=O)O. The Balaban J connectivity index is 2.35. The number of aromatic nitrogens is 1. The number of benzene rings is 1. The van der Waals surface area contributed by atoms with E-state index >= 15 is 0 Å². The molecule has 0 aliphatic rings. The number of ether oxygens (including phenoxy) is 1. The molecular weight excluding hydrogens is 482 g/mol. The predicted octanol–water partition coefficient (Wildman–Crippen LogP) is 2.72. The molecule has 2 aromatic rings. The van der Waals surface area contributed by atoms with E-state index in [1.165, 1.54) is 0 Å². The molecule has 188 valence electrons. The molecule has 10 nitrogen and oxygen atoms in total. The lowest BCUT2D eigenvalue weighted by Gasteiger charge is -2.20. The van der Waals surface area contributed by atoms with Crippen molar-refractivity contribution < 1.29 is 35.2 Å². The van der Waals surface area contributed by atoms with E-state index in [1.807, 2.05) is 24.3 Å². The number of hydrazone groups is 1. The lowest BCUT2D eigenvalue weighted by molar-refractivity contribution is -0.723. The Kier molecular flexibility index (Phi) is 9.98. The van der Waals surface area contributed by atoms with E-state index in [4.69, 9.17) is 9.29 Å². The van der Waals surface area contributed by atoms with E-state index in [0.717, 1.165) is 5.69 Å². The predicted molar refractivity (Wildman–Crippen MR) is 131 cm³/mol. The third kappa shape index (κ3) is 8.35. The molecule has 1 heterocycles. The molecule has 2 rings (SSSR count). The Morgan fingerprint density at radius 3 is 2.44 bits per heavy atom. The lowest BCUT2D eigenvalue weighted by Crippen LogP contribution is -2.48. The van der Waals surface area contributed by atoms with Gasteiger partial charge in [0, 0.05) is 19.5 Å². The second-order valence-corrected chi connectivity index (χ2v) is 11.1. The molecule has 2 N–H and O–H groups in total. The third-order valence-electron chi connectivity index (χ3n) is 5.33. The van der Waals surface area contributed by atoms with Crippen molar-refractivity contribution in [2.45, 2.75) is 43.9 Å². The van der Waals surface area contributed by atoms with E-state index in [-0.39, 0.29) is 19.3 Å². The number of nitrogens with zero attached hydrogens (tertiary/aromatic N) is 3.